The molecule has 148 valence electrons. The summed E-state index contributed by atoms with van der Waals surface area (Å²) in [6.07, 6.45) is -0.798. The van der Waals surface area contributed by atoms with Crippen LogP contribution in [0.3, 0.4) is 0 Å². The maximum Gasteiger partial charge on any atom is 0.417 e. The highest BCUT2D eigenvalue weighted by Crippen LogP contribution is 2.08. The van der Waals surface area contributed by atoms with Crippen molar-refractivity contribution < 1.29 is 30.4 Å². The predicted octanol–water partition coefficient (Wildman–Crippen LogP) is -0.453. The van der Waals surface area contributed by atoms with E-state index in [9.17, 15) is 19.2 Å². The lowest BCUT2D eigenvalue weighted by molar-refractivity contribution is -0.143. The molecule has 1 aromatic carbocycles. The average Bonchev–Trinajstić information content (AvgIpc) is 2.65. The lowest BCUT2D eigenvalue weighted by atomic mass is 10.1. The molecule has 0 aliphatic rings. The minimum atomic E-state index is -1.45. The molecule has 0 aliphatic heterocycles. The van der Waals surface area contributed by atoms with E-state index in [-0.39, 0.29) is 19.3 Å². The van der Waals surface area contributed by atoms with E-state index in [1.165, 1.54) is 0 Å². The van der Waals surface area contributed by atoms with Gasteiger partial charge in [-0.2, -0.15) is 0 Å². The van der Waals surface area contributed by atoms with E-state index in [4.69, 9.17) is 28.4 Å². The van der Waals surface area contributed by atoms with Crippen LogP contribution >= 0.6 is 0 Å². The summed E-state index contributed by atoms with van der Waals surface area (Å²) in [6, 6.07) is 5.96. The molecular weight excluding hydrogens is 356 g/mol. The monoisotopic (exact) mass is 381 g/mol. The topological polar surface area (TPSA) is 179 Å². The molecule has 27 heavy (non-hydrogen) atoms. The summed E-state index contributed by atoms with van der Waals surface area (Å²) >= 11 is 0. The number of carboxylic acid groups (broad SMARTS) is 1. The number of amides is 3. The van der Waals surface area contributed by atoms with E-state index in [0.717, 1.165) is 0 Å². The number of nitrogens with two attached hydrogens (primary N) is 3. The number of nitrogens with zero attached hydrogens (tertiary/aromatic N) is 1. The van der Waals surface area contributed by atoms with Gasteiger partial charge in [0.2, 0.25) is 11.8 Å². The summed E-state index contributed by atoms with van der Waals surface area (Å²) in [7, 11) is 0. The second-order valence-electron chi connectivity index (χ2n) is 5.78. The third-order valence-corrected chi connectivity index (χ3v) is 3.59. The number of carboxylic acids is 1. The van der Waals surface area contributed by atoms with E-state index in [0.29, 0.717) is 10.5 Å². The van der Waals surface area contributed by atoms with E-state index in [2.05, 4.69) is 0 Å². The number of carbonyl (C=O) groups excluding carboxylic acids is 3. The summed E-state index contributed by atoms with van der Waals surface area (Å²) in [5, 5.41) is 8.97. The fraction of sp³-hybridized carbons (Fsp3) is 0.412. The van der Waals surface area contributed by atoms with Crippen LogP contribution in [-0.2, 0) is 25.7 Å². The first-order valence-electron chi connectivity index (χ1n) is 8.72. The van der Waals surface area contributed by atoms with Gasteiger partial charge in [-0.25, -0.2) is 9.69 Å². The quantitative estimate of drug-likeness (QED) is 0.420. The van der Waals surface area contributed by atoms with Gasteiger partial charge in [0.05, 0.1) is 13.5 Å². The zero-order valence-corrected chi connectivity index (χ0v) is 14.6. The Bertz CT molecular complexity index is 702. The van der Waals surface area contributed by atoms with Gasteiger partial charge >= 0.3 is 12.1 Å². The second-order valence-corrected chi connectivity index (χ2v) is 5.78. The molecule has 3 atom stereocenters. The standard InChI is InChI=1S/C17H24N4O6/c18-12(15(20)24)7-4-8-13(19)16(25)21(9-14(22)23)17(26)27-10-11-5-2-1-3-6-11/h1-3,5-6,12-13H,4,7-10,18-19H2,(H2,20,24)(H,22,23)/i10D. The van der Waals surface area contributed by atoms with Crippen LogP contribution in [0.5, 0.6) is 0 Å². The van der Waals surface area contributed by atoms with Gasteiger partial charge in [0, 0.05) is 0 Å². The number of primary amides is 1. The van der Waals surface area contributed by atoms with Gasteiger partial charge in [-0.3, -0.25) is 14.4 Å². The van der Waals surface area contributed by atoms with Crippen LogP contribution in [0.4, 0.5) is 4.79 Å². The molecular formula is C17H24N4O6. The highest BCUT2D eigenvalue weighted by molar-refractivity contribution is 5.97. The van der Waals surface area contributed by atoms with Crippen LogP contribution in [0, 0.1) is 0 Å². The number of rotatable bonds is 10. The summed E-state index contributed by atoms with van der Waals surface area (Å²) in [5.41, 5.74) is 16.6. The molecule has 3 unspecified atom stereocenters. The van der Waals surface area contributed by atoms with Gasteiger partial charge in [0.1, 0.15) is 13.1 Å². The number of benzene rings is 1. The Morgan fingerprint density at radius 1 is 1.11 bits per heavy atom. The summed E-state index contributed by atoms with van der Waals surface area (Å²) in [5.74, 6) is -3.12. The number of hydrogen-bond donors (Lipinski definition) is 4. The highest BCUT2D eigenvalue weighted by atomic mass is 16.6. The third kappa shape index (κ3) is 7.84. The molecule has 0 saturated heterocycles. The largest absolute Gasteiger partial charge is 0.480 e. The lowest BCUT2D eigenvalue weighted by Crippen LogP contribution is -2.49. The van der Waals surface area contributed by atoms with Crippen molar-refractivity contribution in [1.29, 1.82) is 0 Å². The van der Waals surface area contributed by atoms with Crippen molar-refractivity contribution >= 4 is 23.9 Å². The van der Waals surface area contributed by atoms with Gasteiger partial charge in [0.15, 0.2) is 0 Å². The van der Waals surface area contributed by atoms with E-state index in [1.807, 2.05) is 0 Å². The van der Waals surface area contributed by atoms with Crippen molar-refractivity contribution in [2.24, 2.45) is 17.2 Å². The summed E-state index contributed by atoms with van der Waals surface area (Å²) < 4.78 is 12.7. The molecule has 0 fully saturated rings. The molecule has 0 aliphatic carbocycles. The average molecular weight is 381 g/mol. The van der Waals surface area contributed by atoms with Crippen molar-refractivity contribution in [1.82, 2.24) is 4.90 Å². The molecule has 0 bridgehead atoms. The molecule has 0 aromatic heterocycles. The number of aliphatic carboxylic acids is 1. The molecule has 1 rings (SSSR count). The van der Waals surface area contributed by atoms with E-state index in [1.54, 1.807) is 30.3 Å². The maximum atomic E-state index is 12.4. The number of carbonyl (C=O) groups is 4. The normalized spacial score (nSPS) is 14.4. The van der Waals surface area contributed by atoms with Crippen LogP contribution in [0.2, 0.25) is 0 Å². The van der Waals surface area contributed by atoms with E-state index >= 15 is 0 Å². The zero-order chi connectivity index (χ0) is 21.3. The fourth-order valence-electron chi connectivity index (χ4n) is 2.10. The van der Waals surface area contributed by atoms with Crippen molar-refractivity contribution in [3.63, 3.8) is 0 Å². The smallest absolute Gasteiger partial charge is 0.417 e. The Hall–Kier alpha value is -2.98. The molecule has 0 spiro atoms. The van der Waals surface area contributed by atoms with E-state index < -0.39 is 49.1 Å². The first kappa shape index (κ1) is 20.3. The van der Waals surface area contributed by atoms with Gasteiger partial charge in [-0.15, -0.1) is 0 Å². The zero-order valence-electron chi connectivity index (χ0n) is 15.6. The molecule has 0 radical (unpaired) electrons. The van der Waals surface area contributed by atoms with Crippen LogP contribution in [-0.4, -0.2) is 52.5 Å². The Morgan fingerprint density at radius 2 is 1.70 bits per heavy atom. The SMILES string of the molecule is [2H]C(OC(=O)N(CC(=O)O)C(=O)C(N)CCCC(N)C(N)=O)c1ccccc1. The second kappa shape index (κ2) is 10.9. The third-order valence-electron chi connectivity index (χ3n) is 3.59. The Kier molecular flexibility index (Phi) is 8.20. The van der Waals surface area contributed by atoms with Crippen molar-refractivity contribution in [3.8, 4) is 0 Å². The van der Waals surface area contributed by atoms with Gasteiger partial charge in [-0.05, 0) is 24.8 Å². The Balaban J connectivity index is 2.74. The molecule has 0 saturated carbocycles. The van der Waals surface area contributed by atoms with Crippen LogP contribution in [0.1, 0.15) is 26.2 Å². The van der Waals surface area contributed by atoms with Crippen molar-refractivity contribution in [2.75, 3.05) is 6.54 Å². The maximum absolute atomic E-state index is 12.4. The lowest BCUT2D eigenvalue weighted by Gasteiger charge is -2.22. The van der Waals surface area contributed by atoms with Crippen molar-refractivity contribution in [2.45, 2.75) is 37.9 Å². The van der Waals surface area contributed by atoms with Crippen molar-refractivity contribution in [3.05, 3.63) is 35.9 Å². The van der Waals surface area contributed by atoms with Crippen LogP contribution in [0.15, 0.2) is 30.3 Å². The Morgan fingerprint density at radius 3 is 2.26 bits per heavy atom. The van der Waals surface area contributed by atoms with Crippen LogP contribution < -0.4 is 17.2 Å². The fourth-order valence-corrected chi connectivity index (χ4v) is 2.10. The molecule has 1 aromatic rings. The number of imide groups is 1. The number of ether oxygens (including phenoxy) is 1. The van der Waals surface area contributed by atoms with Gasteiger partial charge in [-0.1, -0.05) is 30.3 Å². The molecule has 10 nitrogen and oxygen atoms in total. The Labute approximate surface area is 157 Å². The van der Waals surface area contributed by atoms with Gasteiger partial charge in [0.25, 0.3) is 0 Å². The summed E-state index contributed by atoms with van der Waals surface area (Å²) in [6.45, 7) is -2.41. The minimum absolute atomic E-state index is 0.0478. The molecule has 0 heterocycles. The first-order chi connectivity index (χ1) is 13.1. The summed E-state index contributed by atoms with van der Waals surface area (Å²) in [4.78, 5) is 46.9. The number of hydrogen-bond acceptors (Lipinski definition) is 7. The van der Waals surface area contributed by atoms with Crippen LogP contribution in [0.25, 0.3) is 0 Å². The molecule has 3 amide bonds. The highest BCUT2D eigenvalue weighted by Gasteiger charge is 2.29. The minimum Gasteiger partial charge on any atom is -0.480 e. The first-order valence-corrected chi connectivity index (χ1v) is 8.15. The molecule has 10 heteroatoms. The van der Waals surface area contributed by atoms with Gasteiger partial charge < -0.3 is 27.0 Å². The predicted molar refractivity (Wildman–Crippen MR) is 95.0 cm³/mol. The molecule has 7 N–H and O–H groups in total.